The van der Waals surface area contributed by atoms with Crippen molar-refractivity contribution < 1.29 is 9.52 Å². The normalized spacial score (nSPS) is 17.0. The Morgan fingerprint density at radius 3 is 2.67 bits per heavy atom. The summed E-state index contributed by atoms with van der Waals surface area (Å²) in [5.41, 5.74) is 0.857. The van der Waals surface area contributed by atoms with Gasteiger partial charge in [0, 0.05) is 31.4 Å². The van der Waals surface area contributed by atoms with Crippen molar-refractivity contribution in [2.75, 3.05) is 31.1 Å². The number of nitrogens with one attached hydrogen (secondary N) is 2. The van der Waals surface area contributed by atoms with E-state index in [0.29, 0.717) is 19.0 Å². The van der Waals surface area contributed by atoms with E-state index in [0.717, 1.165) is 48.1 Å². The molecule has 0 saturated carbocycles. The summed E-state index contributed by atoms with van der Waals surface area (Å²) in [6.45, 7) is 11.3. The van der Waals surface area contributed by atoms with Crippen LogP contribution in [0.25, 0.3) is 0 Å². The standard InChI is InChI=1S/C23H35N5O2/c1-5-24-22(27-16-23(4,29)20-13-17(2)30-18(20)3)26-15-19-9-10-25-21(14-19)28-11-7-6-8-12-28/h9-10,13-14,29H,5-8,11-12,15-16H2,1-4H3,(H2,24,26,27). The smallest absolute Gasteiger partial charge is 0.191 e. The van der Waals surface area contributed by atoms with Gasteiger partial charge in [-0.15, -0.1) is 0 Å². The Kier molecular flexibility index (Phi) is 7.37. The highest BCUT2D eigenvalue weighted by molar-refractivity contribution is 5.79. The topological polar surface area (TPSA) is 85.9 Å². The lowest BCUT2D eigenvalue weighted by atomic mass is 9.96. The second kappa shape index (κ2) is 9.98. The molecule has 0 bridgehead atoms. The highest BCUT2D eigenvalue weighted by Crippen LogP contribution is 2.26. The van der Waals surface area contributed by atoms with Crippen LogP contribution in [0, 0.1) is 13.8 Å². The molecular weight excluding hydrogens is 378 g/mol. The molecule has 0 aliphatic carbocycles. The van der Waals surface area contributed by atoms with Gasteiger partial charge in [-0.05, 0) is 70.7 Å². The minimum absolute atomic E-state index is 0.327. The van der Waals surface area contributed by atoms with E-state index in [9.17, 15) is 5.11 Å². The Labute approximate surface area is 179 Å². The number of furan rings is 1. The maximum atomic E-state index is 10.9. The summed E-state index contributed by atoms with van der Waals surface area (Å²) in [6, 6.07) is 6.03. The molecule has 0 aromatic carbocycles. The Balaban J connectivity index is 1.65. The van der Waals surface area contributed by atoms with Gasteiger partial charge in [0.2, 0.25) is 0 Å². The number of aromatic nitrogens is 1. The monoisotopic (exact) mass is 413 g/mol. The number of hydrogen-bond acceptors (Lipinski definition) is 5. The van der Waals surface area contributed by atoms with Gasteiger partial charge < -0.3 is 25.1 Å². The van der Waals surface area contributed by atoms with Gasteiger partial charge >= 0.3 is 0 Å². The number of piperidine rings is 1. The maximum Gasteiger partial charge on any atom is 0.191 e. The number of hydrogen-bond donors (Lipinski definition) is 3. The number of aliphatic hydroxyl groups is 1. The molecule has 0 spiro atoms. The van der Waals surface area contributed by atoms with Crippen LogP contribution in [-0.2, 0) is 12.1 Å². The van der Waals surface area contributed by atoms with Crippen molar-refractivity contribution in [2.45, 2.75) is 59.1 Å². The highest BCUT2D eigenvalue weighted by atomic mass is 16.3. The lowest BCUT2D eigenvalue weighted by molar-refractivity contribution is 0.0601. The molecule has 0 radical (unpaired) electrons. The highest BCUT2D eigenvalue weighted by Gasteiger charge is 2.27. The van der Waals surface area contributed by atoms with Crippen LogP contribution in [0.4, 0.5) is 5.82 Å². The van der Waals surface area contributed by atoms with Crippen molar-refractivity contribution in [1.29, 1.82) is 0 Å². The molecule has 1 saturated heterocycles. The van der Waals surface area contributed by atoms with Crippen LogP contribution >= 0.6 is 0 Å². The number of guanidine groups is 1. The molecule has 0 amide bonds. The van der Waals surface area contributed by atoms with Gasteiger partial charge in [0.05, 0.1) is 13.1 Å². The van der Waals surface area contributed by atoms with Crippen LogP contribution in [0.3, 0.4) is 0 Å². The first kappa shape index (κ1) is 22.2. The predicted molar refractivity (Wildman–Crippen MR) is 121 cm³/mol. The van der Waals surface area contributed by atoms with Crippen LogP contribution in [0.15, 0.2) is 33.8 Å². The molecule has 1 aliphatic heterocycles. The number of aliphatic imine (C=N–C) groups is 1. The molecular formula is C23H35N5O2. The number of nitrogens with zero attached hydrogens (tertiary/aromatic N) is 3. The average molecular weight is 414 g/mol. The van der Waals surface area contributed by atoms with Gasteiger partial charge in [0.15, 0.2) is 5.96 Å². The molecule has 1 atom stereocenters. The molecule has 1 fully saturated rings. The summed E-state index contributed by atoms with van der Waals surface area (Å²) in [6.07, 6.45) is 5.63. The lowest BCUT2D eigenvalue weighted by Crippen LogP contribution is -2.44. The second-order valence-corrected chi connectivity index (χ2v) is 8.22. The van der Waals surface area contributed by atoms with Gasteiger partial charge in [-0.2, -0.15) is 0 Å². The fraction of sp³-hybridized carbons (Fsp3) is 0.565. The van der Waals surface area contributed by atoms with Crippen LogP contribution < -0.4 is 15.5 Å². The van der Waals surface area contributed by atoms with Gasteiger partial charge in [-0.1, -0.05) is 0 Å². The minimum Gasteiger partial charge on any atom is -0.466 e. The SMILES string of the molecule is CCNC(=NCc1ccnc(N2CCCCC2)c1)NCC(C)(O)c1cc(C)oc1C. The molecule has 3 rings (SSSR count). The van der Waals surface area contributed by atoms with Crippen molar-refractivity contribution in [3.63, 3.8) is 0 Å². The Hall–Kier alpha value is -2.54. The molecule has 3 N–H and O–H groups in total. The van der Waals surface area contributed by atoms with E-state index in [2.05, 4.69) is 26.6 Å². The molecule has 2 aromatic rings. The first-order chi connectivity index (χ1) is 14.4. The summed E-state index contributed by atoms with van der Waals surface area (Å²) in [5.74, 6) is 3.25. The molecule has 1 unspecified atom stereocenters. The zero-order chi connectivity index (χ0) is 21.6. The summed E-state index contributed by atoms with van der Waals surface area (Å²) in [7, 11) is 0. The largest absolute Gasteiger partial charge is 0.466 e. The van der Waals surface area contributed by atoms with Crippen molar-refractivity contribution in [1.82, 2.24) is 15.6 Å². The molecule has 3 heterocycles. The summed E-state index contributed by atoms with van der Waals surface area (Å²) >= 11 is 0. The third-order valence-electron chi connectivity index (χ3n) is 5.48. The van der Waals surface area contributed by atoms with E-state index in [-0.39, 0.29) is 0 Å². The molecule has 2 aromatic heterocycles. The van der Waals surface area contributed by atoms with Crippen molar-refractivity contribution >= 4 is 11.8 Å². The van der Waals surface area contributed by atoms with E-state index < -0.39 is 5.60 Å². The maximum absolute atomic E-state index is 10.9. The van der Waals surface area contributed by atoms with Crippen molar-refractivity contribution in [3.05, 3.63) is 47.0 Å². The van der Waals surface area contributed by atoms with Crippen LogP contribution in [0.1, 0.15) is 55.8 Å². The number of pyridine rings is 1. The third-order valence-corrected chi connectivity index (χ3v) is 5.48. The summed E-state index contributed by atoms with van der Waals surface area (Å²) in [4.78, 5) is 11.6. The number of aryl methyl sites for hydroxylation is 2. The third kappa shape index (κ3) is 5.75. The van der Waals surface area contributed by atoms with Crippen LogP contribution in [-0.4, -0.2) is 42.2 Å². The number of anilines is 1. The van der Waals surface area contributed by atoms with E-state index in [1.807, 2.05) is 39.1 Å². The molecule has 7 nitrogen and oxygen atoms in total. The first-order valence-electron chi connectivity index (χ1n) is 10.9. The Morgan fingerprint density at radius 1 is 1.23 bits per heavy atom. The van der Waals surface area contributed by atoms with Gasteiger partial charge in [0.1, 0.15) is 22.9 Å². The van der Waals surface area contributed by atoms with E-state index in [1.54, 1.807) is 6.92 Å². The number of rotatable bonds is 7. The molecule has 164 valence electrons. The molecule has 30 heavy (non-hydrogen) atoms. The second-order valence-electron chi connectivity index (χ2n) is 8.22. The predicted octanol–water partition coefficient (Wildman–Crippen LogP) is 3.24. The molecule has 7 heteroatoms. The van der Waals surface area contributed by atoms with Crippen LogP contribution in [0.2, 0.25) is 0 Å². The average Bonchev–Trinajstić information content (AvgIpc) is 3.10. The summed E-state index contributed by atoms with van der Waals surface area (Å²) in [5, 5.41) is 17.5. The van der Waals surface area contributed by atoms with Gasteiger partial charge in [-0.3, -0.25) is 0 Å². The Bertz CT molecular complexity index is 853. The fourth-order valence-corrected chi connectivity index (χ4v) is 3.88. The first-order valence-corrected chi connectivity index (χ1v) is 10.9. The Morgan fingerprint density at radius 2 is 2.00 bits per heavy atom. The van der Waals surface area contributed by atoms with Gasteiger partial charge in [-0.25, -0.2) is 9.98 Å². The zero-order valence-electron chi connectivity index (χ0n) is 18.7. The van der Waals surface area contributed by atoms with Crippen molar-refractivity contribution in [3.8, 4) is 0 Å². The lowest BCUT2D eigenvalue weighted by Gasteiger charge is -2.27. The quantitative estimate of drug-likeness (QED) is 0.477. The molecule has 1 aliphatic rings. The van der Waals surface area contributed by atoms with Crippen LogP contribution in [0.5, 0.6) is 0 Å². The minimum atomic E-state index is -1.06. The fourth-order valence-electron chi connectivity index (χ4n) is 3.88. The summed E-state index contributed by atoms with van der Waals surface area (Å²) < 4.78 is 5.58. The zero-order valence-corrected chi connectivity index (χ0v) is 18.7. The van der Waals surface area contributed by atoms with E-state index >= 15 is 0 Å². The van der Waals surface area contributed by atoms with Gasteiger partial charge in [0.25, 0.3) is 0 Å². The van der Waals surface area contributed by atoms with E-state index in [1.165, 1.54) is 19.3 Å². The van der Waals surface area contributed by atoms with E-state index in [4.69, 9.17) is 9.41 Å². The van der Waals surface area contributed by atoms with Crippen molar-refractivity contribution in [2.24, 2.45) is 4.99 Å².